The Morgan fingerprint density at radius 3 is 2.68 bits per heavy atom. The number of rotatable bonds is 6. The van der Waals surface area contributed by atoms with Crippen LogP contribution in [-0.2, 0) is 6.42 Å². The van der Waals surface area contributed by atoms with Crippen molar-refractivity contribution in [1.82, 2.24) is 10.3 Å². The number of aromatic nitrogens is 1. The van der Waals surface area contributed by atoms with Crippen molar-refractivity contribution in [3.8, 4) is 0 Å². The Morgan fingerprint density at radius 1 is 1.23 bits per heavy atom. The first-order valence-corrected chi connectivity index (χ1v) is 7.21. The minimum atomic E-state index is -0.284. The first kappa shape index (κ1) is 15.7. The van der Waals surface area contributed by atoms with Gasteiger partial charge in [-0.2, -0.15) is 0 Å². The summed E-state index contributed by atoms with van der Waals surface area (Å²) in [7, 11) is 0. The highest BCUT2D eigenvalue weighted by molar-refractivity contribution is 5.90. The van der Waals surface area contributed by atoms with Crippen molar-refractivity contribution in [3.63, 3.8) is 0 Å². The molecule has 1 atom stereocenters. The van der Waals surface area contributed by atoms with Crippen LogP contribution in [0.1, 0.15) is 18.9 Å². The predicted molar refractivity (Wildman–Crippen MR) is 88.3 cm³/mol. The summed E-state index contributed by atoms with van der Waals surface area (Å²) in [6.45, 7) is 1.89. The first-order valence-electron chi connectivity index (χ1n) is 7.21. The molecule has 0 aliphatic carbocycles. The monoisotopic (exact) mass is 296 g/mol. The molecule has 1 aromatic heterocycles. The lowest BCUT2D eigenvalue weighted by atomic mass is 10.0. The highest BCUT2D eigenvalue weighted by Crippen LogP contribution is 2.05. The zero-order valence-corrected chi connectivity index (χ0v) is 12.5. The molecule has 0 saturated heterocycles. The third-order valence-corrected chi connectivity index (χ3v) is 3.11. The van der Waals surface area contributed by atoms with Crippen LogP contribution in [0.25, 0.3) is 0 Å². The van der Waals surface area contributed by atoms with Gasteiger partial charge in [0.1, 0.15) is 0 Å². The smallest absolute Gasteiger partial charge is 0.319 e. The van der Waals surface area contributed by atoms with Gasteiger partial charge in [-0.05, 0) is 24.6 Å². The molecule has 2 amide bonds. The largest absolute Gasteiger partial charge is 0.335 e. The number of amides is 2. The summed E-state index contributed by atoms with van der Waals surface area (Å²) < 4.78 is 0. The highest BCUT2D eigenvalue weighted by atomic mass is 16.2. The van der Waals surface area contributed by atoms with Crippen molar-refractivity contribution in [1.29, 1.82) is 5.41 Å². The Hall–Kier alpha value is -2.69. The van der Waals surface area contributed by atoms with E-state index >= 15 is 0 Å². The van der Waals surface area contributed by atoms with E-state index in [4.69, 9.17) is 5.41 Å². The molecule has 0 bridgehead atoms. The van der Waals surface area contributed by atoms with Gasteiger partial charge in [0.25, 0.3) is 0 Å². The van der Waals surface area contributed by atoms with E-state index < -0.39 is 0 Å². The number of pyridine rings is 1. The summed E-state index contributed by atoms with van der Waals surface area (Å²) in [6.07, 6.45) is 4.37. The average molecular weight is 296 g/mol. The topological polar surface area (TPSA) is 77.9 Å². The molecule has 0 spiro atoms. The normalized spacial score (nSPS) is 11.5. The van der Waals surface area contributed by atoms with Crippen LogP contribution < -0.4 is 10.6 Å². The summed E-state index contributed by atoms with van der Waals surface area (Å²) in [5.41, 5.74) is 2.35. The molecule has 0 aliphatic heterocycles. The maximum Gasteiger partial charge on any atom is 0.319 e. The van der Waals surface area contributed by atoms with Crippen molar-refractivity contribution < 1.29 is 4.79 Å². The summed E-state index contributed by atoms with van der Waals surface area (Å²) in [5.74, 6) is 0. The van der Waals surface area contributed by atoms with Gasteiger partial charge in [-0.15, -0.1) is 0 Å². The summed E-state index contributed by atoms with van der Waals surface area (Å²) in [5, 5.41) is 13.6. The number of carbonyl (C=O) groups excluding carboxylic acids is 1. The van der Waals surface area contributed by atoms with Crippen molar-refractivity contribution in [2.24, 2.45) is 0 Å². The second-order valence-electron chi connectivity index (χ2n) is 5.21. The van der Waals surface area contributed by atoms with Crippen LogP contribution in [0.15, 0.2) is 54.9 Å². The van der Waals surface area contributed by atoms with Gasteiger partial charge in [0, 0.05) is 30.8 Å². The lowest BCUT2D eigenvalue weighted by molar-refractivity contribution is 0.249. The minimum Gasteiger partial charge on any atom is -0.335 e. The van der Waals surface area contributed by atoms with Crippen molar-refractivity contribution in [2.75, 3.05) is 5.32 Å². The molecule has 0 radical (unpaired) electrons. The number of hydrogen-bond donors (Lipinski definition) is 3. The molecule has 114 valence electrons. The molecule has 2 aromatic rings. The maximum absolute atomic E-state index is 11.8. The SMILES string of the molecule is C[C@H](CC(=N)Cc1ccccc1)NC(=O)Nc1cccnc1. The van der Waals surface area contributed by atoms with E-state index in [9.17, 15) is 4.79 Å². The zero-order valence-electron chi connectivity index (χ0n) is 12.5. The molecule has 0 saturated carbocycles. The van der Waals surface area contributed by atoms with Crippen LogP contribution in [-0.4, -0.2) is 22.8 Å². The molecule has 1 heterocycles. The Kier molecular flexibility index (Phi) is 5.65. The van der Waals surface area contributed by atoms with E-state index in [1.807, 2.05) is 37.3 Å². The molecule has 0 fully saturated rings. The number of hydrogen-bond acceptors (Lipinski definition) is 3. The standard InChI is InChI=1S/C17H20N4O/c1-13(10-15(18)11-14-6-3-2-4-7-14)20-17(22)21-16-8-5-9-19-12-16/h2-9,12-13,18H,10-11H2,1H3,(H2,20,21,22)/t13-/m1/s1. The van der Waals surface area contributed by atoms with E-state index in [-0.39, 0.29) is 12.1 Å². The second-order valence-corrected chi connectivity index (χ2v) is 5.21. The average Bonchev–Trinajstić information content (AvgIpc) is 2.48. The van der Waals surface area contributed by atoms with Gasteiger partial charge in [0.2, 0.25) is 0 Å². The molecular formula is C17H20N4O. The Bertz CT molecular complexity index is 558. The molecule has 3 N–H and O–H groups in total. The van der Waals surface area contributed by atoms with Crippen molar-refractivity contribution >= 4 is 17.4 Å². The van der Waals surface area contributed by atoms with Gasteiger partial charge in [-0.25, -0.2) is 4.79 Å². The number of nitrogens with zero attached hydrogens (tertiary/aromatic N) is 1. The molecular weight excluding hydrogens is 276 g/mol. The predicted octanol–water partition coefficient (Wildman–Crippen LogP) is 3.24. The molecule has 2 rings (SSSR count). The van der Waals surface area contributed by atoms with Crippen LogP contribution in [0.5, 0.6) is 0 Å². The van der Waals surface area contributed by atoms with Crippen LogP contribution >= 0.6 is 0 Å². The molecule has 5 nitrogen and oxygen atoms in total. The van der Waals surface area contributed by atoms with Gasteiger partial charge in [0.05, 0.1) is 11.9 Å². The number of benzene rings is 1. The van der Waals surface area contributed by atoms with Crippen molar-refractivity contribution in [3.05, 3.63) is 60.4 Å². The highest BCUT2D eigenvalue weighted by Gasteiger charge is 2.10. The summed E-state index contributed by atoms with van der Waals surface area (Å²) >= 11 is 0. The molecule has 1 aromatic carbocycles. The second kappa shape index (κ2) is 7.93. The van der Waals surface area contributed by atoms with Gasteiger partial charge < -0.3 is 16.0 Å². The number of anilines is 1. The zero-order chi connectivity index (χ0) is 15.8. The maximum atomic E-state index is 11.8. The quantitative estimate of drug-likeness (QED) is 0.716. The fourth-order valence-corrected chi connectivity index (χ4v) is 2.16. The van der Waals surface area contributed by atoms with Gasteiger partial charge >= 0.3 is 6.03 Å². The van der Waals surface area contributed by atoms with E-state index in [1.54, 1.807) is 24.5 Å². The van der Waals surface area contributed by atoms with Gasteiger partial charge in [-0.1, -0.05) is 30.3 Å². The number of carbonyl (C=O) groups is 1. The molecule has 5 heteroatoms. The van der Waals surface area contributed by atoms with Gasteiger partial charge in [0.15, 0.2) is 0 Å². The summed E-state index contributed by atoms with van der Waals surface area (Å²) in [4.78, 5) is 15.8. The van der Waals surface area contributed by atoms with E-state index in [2.05, 4.69) is 15.6 Å². The minimum absolute atomic E-state index is 0.104. The lowest BCUT2D eigenvalue weighted by Gasteiger charge is -2.15. The van der Waals surface area contributed by atoms with Crippen LogP contribution in [0, 0.1) is 5.41 Å². The van der Waals surface area contributed by atoms with Gasteiger partial charge in [-0.3, -0.25) is 4.98 Å². The van der Waals surface area contributed by atoms with E-state index in [0.29, 0.717) is 24.2 Å². The van der Waals surface area contributed by atoms with Crippen LogP contribution in [0.3, 0.4) is 0 Å². The lowest BCUT2D eigenvalue weighted by Crippen LogP contribution is -2.37. The van der Waals surface area contributed by atoms with Crippen LogP contribution in [0.4, 0.5) is 10.5 Å². The molecule has 0 aliphatic rings. The molecule has 22 heavy (non-hydrogen) atoms. The van der Waals surface area contributed by atoms with E-state index in [0.717, 1.165) is 5.56 Å². The third kappa shape index (κ3) is 5.36. The Morgan fingerprint density at radius 2 is 2.00 bits per heavy atom. The van der Waals surface area contributed by atoms with Crippen LogP contribution in [0.2, 0.25) is 0 Å². The summed E-state index contributed by atoms with van der Waals surface area (Å²) in [6, 6.07) is 13.0. The Labute approximate surface area is 130 Å². The first-order chi connectivity index (χ1) is 10.6. The fraction of sp³-hybridized carbons (Fsp3) is 0.235. The fourth-order valence-electron chi connectivity index (χ4n) is 2.16. The molecule has 0 unspecified atom stereocenters. The number of nitrogens with one attached hydrogen (secondary N) is 3. The number of urea groups is 1. The Balaban J connectivity index is 1.76. The third-order valence-electron chi connectivity index (χ3n) is 3.11. The van der Waals surface area contributed by atoms with E-state index in [1.165, 1.54) is 0 Å². The van der Waals surface area contributed by atoms with Crippen molar-refractivity contribution in [2.45, 2.75) is 25.8 Å².